The average Bonchev–Trinajstić information content (AvgIpc) is 2.36. The molecule has 0 aromatic heterocycles. The minimum Gasteiger partial charge on any atom is -0.382 e. The Morgan fingerprint density at radius 1 is 1.00 bits per heavy atom. The molecule has 1 rings (SSSR count). The molecule has 1 nitrogen and oxygen atoms in total. The number of hydrogen-bond donors (Lipinski definition) is 1. The van der Waals surface area contributed by atoms with E-state index in [4.69, 9.17) is 0 Å². The second kappa shape index (κ2) is 7.57. The van der Waals surface area contributed by atoms with Crippen molar-refractivity contribution in [3.8, 4) is 0 Å². The summed E-state index contributed by atoms with van der Waals surface area (Å²) >= 11 is 0. The Balaban J connectivity index is 2.87. The van der Waals surface area contributed by atoms with Gasteiger partial charge in [0, 0.05) is 11.7 Å². The smallest absolute Gasteiger partial charge is 0.0377 e. The lowest BCUT2D eigenvalue weighted by atomic mass is 9.94. The van der Waals surface area contributed by atoms with Crippen LogP contribution in [0.3, 0.4) is 0 Å². The maximum atomic E-state index is 3.69. The summed E-state index contributed by atoms with van der Waals surface area (Å²) in [6, 6.07) is 7.48. The maximum absolute atomic E-state index is 3.69. The minimum absolute atomic E-state index is 0.558. The van der Waals surface area contributed by atoms with E-state index in [1.54, 1.807) is 0 Å². The molecule has 19 heavy (non-hydrogen) atoms. The van der Waals surface area contributed by atoms with Gasteiger partial charge < -0.3 is 5.32 Å². The third-order valence-corrected chi connectivity index (χ3v) is 3.76. The second-order valence-corrected chi connectivity index (χ2v) is 6.34. The van der Waals surface area contributed by atoms with Gasteiger partial charge in [-0.1, -0.05) is 59.6 Å². The lowest BCUT2D eigenvalue weighted by Crippen LogP contribution is -2.16. The van der Waals surface area contributed by atoms with Gasteiger partial charge in [0.1, 0.15) is 0 Å². The topological polar surface area (TPSA) is 12.0 Å². The van der Waals surface area contributed by atoms with Crippen molar-refractivity contribution in [3.05, 3.63) is 29.3 Å². The molecule has 0 aliphatic rings. The molecule has 0 spiro atoms. The van der Waals surface area contributed by atoms with Gasteiger partial charge in [-0.05, 0) is 42.4 Å². The molecule has 1 N–H and O–H groups in total. The van der Waals surface area contributed by atoms with Gasteiger partial charge in [-0.2, -0.15) is 0 Å². The van der Waals surface area contributed by atoms with E-state index in [1.165, 1.54) is 36.1 Å². The summed E-state index contributed by atoms with van der Waals surface area (Å²) in [7, 11) is 0. The highest BCUT2D eigenvalue weighted by atomic mass is 14.9. The van der Waals surface area contributed by atoms with Crippen LogP contribution >= 0.6 is 0 Å². The highest BCUT2D eigenvalue weighted by Gasteiger charge is 2.11. The molecule has 1 unspecified atom stereocenters. The van der Waals surface area contributed by atoms with Crippen LogP contribution in [0.1, 0.15) is 83.8 Å². The normalized spacial score (nSPS) is 13.1. The monoisotopic (exact) mass is 261 g/mol. The molecule has 0 saturated heterocycles. The second-order valence-electron chi connectivity index (χ2n) is 6.34. The lowest BCUT2D eigenvalue weighted by Gasteiger charge is -2.21. The fraction of sp³-hybridized carbons (Fsp3) is 0.667. The molecular weight excluding hydrogens is 230 g/mol. The molecule has 0 radical (unpaired) electrons. The summed E-state index contributed by atoms with van der Waals surface area (Å²) in [6.45, 7) is 13.6. The summed E-state index contributed by atoms with van der Waals surface area (Å²) < 4.78 is 0. The van der Waals surface area contributed by atoms with Crippen LogP contribution in [-0.2, 0) is 0 Å². The molecule has 0 fully saturated rings. The van der Waals surface area contributed by atoms with Crippen molar-refractivity contribution < 1.29 is 0 Å². The number of anilines is 1. The Bertz CT molecular complexity index is 379. The fourth-order valence-electron chi connectivity index (χ4n) is 2.40. The van der Waals surface area contributed by atoms with Gasteiger partial charge >= 0.3 is 0 Å². The number of nitrogens with one attached hydrogen (secondary N) is 1. The third-order valence-electron chi connectivity index (χ3n) is 3.76. The zero-order valence-corrected chi connectivity index (χ0v) is 13.6. The Hall–Kier alpha value is -0.980. The highest BCUT2D eigenvalue weighted by Crippen LogP contribution is 2.29. The van der Waals surface area contributed by atoms with Crippen LogP contribution in [0.25, 0.3) is 0 Å². The largest absolute Gasteiger partial charge is 0.382 e. The van der Waals surface area contributed by atoms with Gasteiger partial charge in [0.05, 0.1) is 0 Å². The number of unbranched alkanes of at least 4 members (excludes halogenated alkanes) is 1. The Morgan fingerprint density at radius 3 is 2.21 bits per heavy atom. The third kappa shape index (κ3) is 4.89. The van der Waals surface area contributed by atoms with E-state index in [2.05, 4.69) is 65.1 Å². The van der Waals surface area contributed by atoms with Crippen LogP contribution in [0.4, 0.5) is 5.69 Å². The maximum Gasteiger partial charge on any atom is 0.0377 e. The molecule has 0 heterocycles. The molecule has 0 aliphatic carbocycles. The van der Waals surface area contributed by atoms with E-state index in [-0.39, 0.29) is 0 Å². The zero-order chi connectivity index (χ0) is 14.4. The summed E-state index contributed by atoms with van der Waals surface area (Å²) in [5.41, 5.74) is 4.22. The minimum atomic E-state index is 0.558. The van der Waals surface area contributed by atoms with Crippen LogP contribution in [0.2, 0.25) is 0 Å². The first-order valence-electron chi connectivity index (χ1n) is 7.86. The standard InChI is InChI=1S/C18H31N/c1-7-8-9-15(6)19-18-11-10-16(13(2)3)12-17(18)14(4)5/h10-15,19H,7-9H2,1-6H3. The van der Waals surface area contributed by atoms with Crippen molar-refractivity contribution in [1.82, 2.24) is 0 Å². The van der Waals surface area contributed by atoms with Gasteiger partial charge in [-0.3, -0.25) is 0 Å². The van der Waals surface area contributed by atoms with Crippen molar-refractivity contribution in [1.29, 1.82) is 0 Å². The van der Waals surface area contributed by atoms with Crippen molar-refractivity contribution in [2.45, 2.75) is 78.7 Å². The lowest BCUT2D eigenvalue weighted by molar-refractivity contribution is 0.643. The molecule has 0 aliphatic heterocycles. The molecular formula is C18H31N. The van der Waals surface area contributed by atoms with Crippen molar-refractivity contribution in [3.63, 3.8) is 0 Å². The molecule has 1 aromatic rings. The summed E-state index contributed by atoms with van der Waals surface area (Å²) in [5, 5.41) is 3.69. The van der Waals surface area contributed by atoms with Crippen LogP contribution < -0.4 is 5.32 Å². The van der Waals surface area contributed by atoms with Crippen molar-refractivity contribution >= 4 is 5.69 Å². The van der Waals surface area contributed by atoms with Gasteiger partial charge in [-0.25, -0.2) is 0 Å². The highest BCUT2D eigenvalue weighted by molar-refractivity contribution is 5.55. The fourth-order valence-corrected chi connectivity index (χ4v) is 2.40. The number of hydrogen-bond acceptors (Lipinski definition) is 1. The molecule has 1 aromatic carbocycles. The predicted molar refractivity (Wildman–Crippen MR) is 87.2 cm³/mol. The summed E-state index contributed by atoms with van der Waals surface area (Å²) in [5.74, 6) is 1.17. The van der Waals surface area contributed by atoms with Crippen molar-refractivity contribution in [2.24, 2.45) is 0 Å². The van der Waals surface area contributed by atoms with Crippen LogP contribution in [0, 0.1) is 0 Å². The first kappa shape index (κ1) is 16.1. The quantitative estimate of drug-likeness (QED) is 0.642. The first-order chi connectivity index (χ1) is 8.95. The Labute approximate surface area is 119 Å². The first-order valence-corrected chi connectivity index (χ1v) is 7.86. The van der Waals surface area contributed by atoms with E-state index in [1.807, 2.05) is 0 Å². The molecule has 1 heteroatoms. The van der Waals surface area contributed by atoms with E-state index < -0.39 is 0 Å². The molecule has 0 amide bonds. The zero-order valence-electron chi connectivity index (χ0n) is 13.6. The van der Waals surface area contributed by atoms with E-state index in [0.29, 0.717) is 17.9 Å². The number of benzene rings is 1. The van der Waals surface area contributed by atoms with Gasteiger partial charge in [0.15, 0.2) is 0 Å². The van der Waals surface area contributed by atoms with E-state index in [0.717, 1.165) is 0 Å². The van der Waals surface area contributed by atoms with Crippen molar-refractivity contribution in [2.75, 3.05) is 5.32 Å². The summed E-state index contributed by atoms with van der Waals surface area (Å²) in [6.07, 6.45) is 3.82. The van der Waals surface area contributed by atoms with Crippen LogP contribution in [-0.4, -0.2) is 6.04 Å². The average molecular weight is 261 g/mol. The van der Waals surface area contributed by atoms with E-state index >= 15 is 0 Å². The van der Waals surface area contributed by atoms with Gasteiger partial charge in [0.2, 0.25) is 0 Å². The molecule has 0 saturated carbocycles. The summed E-state index contributed by atoms with van der Waals surface area (Å²) in [4.78, 5) is 0. The van der Waals surface area contributed by atoms with Crippen LogP contribution in [0.5, 0.6) is 0 Å². The molecule has 108 valence electrons. The molecule has 1 atom stereocenters. The van der Waals surface area contributed by atoms with E-state index in [9.17, 15) is 0 Å². The predicted octanol–water partition coefficient (Wildman–Crippen LogP) is 5.92. The Morgan fingerprint density at radius 2 is 1.68 bits per heavy atom. The SMILES string of the molecule is CCCCC(C)Nc1ccc(C(C)C)cc1C(C)C. The molecule has 0 bridgehead atoms. The van der Waals surface area contributed by atoms with Gasteiger partial charge in [-0.15, -0.1) is 0 Å². The number of rotatable bonds is 7. The van der Waals surface area contributed by atoms with Gasteiger partial charge in [0.25, 0.3) is 0 Å². The Kier molecular flexibility index (Phi) is 6.41. The van der Waals surface area contributed by atoms with Crippen LogP contribution in [0.15, 0.2) is 18.2 Å².